The van der Waals surface area contributed by atoms with Crippen molar-refractivity contribution in [1.82, 2.24) is 4.31 Å². The minimum atomic E-state index is -3.80. The summed E-state index contributed by atoms with van der Waals surface area (Å²) in [5.41, 5.74) is 6.67. The van der Waals surface area contributed by atoms with Gasteiger partial charge in [0.15, 0.2) is 0 Å². The first-order valence-electron chi connectivity index (χ1n) is 5.65. The summed E-state index contributed by atoms with van der Waals surface area (Å²) < 4.78 is 27.4. The van der Waals surface area contributed by atoms with Gasteiger partial charge in [-0.05, 0) is 45.1 Å². The lowest BCUT2D eigenvalue weighted by Crippen LogP contribution is -2.27. The van der Waals surface area contributed by atoms with E-state index in [2.05, 4.69) is 15.9 Å². The van der Waals surface area contributed by atoms with Crippen LogP contribution in [0.25, 0.3) is 0 Å². The van der Waals surface area contributed by atoms with Crippen molar-refractivity contribution >= 4 is 66.2 Å². The minimum absolute atomic E-state index is 0.0124. The molecule has 0 spiro atoms. The van der Waals surface area contributed by atoms with Gasteiger partial charge < -0.3 is 5.73 Å². The Kier molecular flexibility index (Phi) is 5.23. The predicted molar refractivity (Wildman–Crippen MR) is 91.5 cm³/mol. The van der Waals surface area contributed by atoms with Crippen molar-refractivity contribution < 1.29 is 8.42 Å². The monoisotopic (exact) mass is 428 g/mol. The van der Waals surface area contributed by atoms with Crippen molar-refractivity contribution in [3.8, 4) is 0 Å². The number of nitrogen functional groups attached to an aromatic ring is 1. The van der Waals surface area contributed by atoms with E-state index in [1.165, 1.54) is 34.8 Å². The third-order valence-corrected chi connectivity index (χ3v) is 6.84. The smallest absolute Gasteiger partial charge is 0.246 e. The number of nitrogens with two attached hydrogens (primary N) is 1. The quantitative estimate of drug-likeness (QED) is 0.740. The van der Waals surface area contributed by atoms with Gasteiger partial charge in [-0.2, -0.15) is 4.31 Å². The van der Waals surface area contributed by atoms with E-state index in [-0.39, 0.29) is 22.2 Å². The largest absolute Gasteiger partial charge is 0.398 e. The number of halogens is 3. The van der Waals surface area contributed by atoms with Crippen LogP contribution in [0.1, 0.15) is 5.56 Å². The Morgan fingerprint density at radius 3 is 2.52 bits per heavy atom. The molecular formula is C12H11BrCl2N2O2S2. The van der Waals surface area contributed by atoms with Crippen LogP contribution in [0.15, 0.2) is 32.3 Å². The molecule has 0 unspecified atom stereocenters. The van der Waals surface area contributed by atoms with Crippen LogP contribution in [0, 0.1) is 0 Å². The lowest BCUT2D eigenvalue weighted by Gasteiger charge is -2.19. The zero-order chi connectivity index (χ0) is 15.8. The minimum Gasteiger partial charge on any atom is -0.398 e. The topological polar surface area (TPSA) is 63.4 Å². The molecule has 0 atom stereocenters. The van der Waals surface area contributed by atoms with Crippen molar-refractivity contribution in [3.05, 3.63) is 43.0 Å². The van der Waals surface area contributed by atoms with Crippen molar-refractivity contribution in [3.63, 3.8) is 0 Å². The number of hydrogen-bond donors (Lipinski definition) is 1. The van der Waals surface area contributed by atoms with Gasteiger partial charge in [0.1, 0.15) is 4.90 Å². The Hall–Kier alpha value is -0.310. The highest BCUT2D eigenvalue weighted by molar-refractivity contribution is 9.11. The van der Waals surface area contributed by atoms with Crippen LogP contribution < -0.4 is 5.73 Å². The lowest BCUT2D eigenvalue weighted by atomic mass is 10.3. The molecule has 1 aromatic heterocycles. The number of sulfonamides is 1. The normalized spacial score (nSPS) is 12.0. The van der Waals surface area contributed by atoms with Gasteiger partial charge in [-0.1, -0.05) is 23.2 Å². The molecule has 1 heterocycles. The van der Waals surface area contributed by atoms with Gasteiger partial charge in [0.25, 0.3) is 0 Å². The van der Waals surface area contributed by atoms with E-state index in [0.29, 0.717) is 5.02 Å². The second-order valence-electron chi connectivity index (χ2n) is 4.33. The van der Waals surface area contributed by atoms with E-state index < -0.39 is 10.0 Å². The fourth-order valence-electron chi connectivity index (χ4n) is 1.78. The highest BCUT2D eigenvalue weighted by Gasteiger charge is 2.27. The molecule has 0 bridgehead atoms. The molecule has 4 nitrogen and oxygen atoms in total. The molecule has 0 saturated heterocycles. The molecule has 0 aliphatic carbocycles. The molecule has 2 rings (SSSR count). The van der Waals surface area contributed by atoms with Crippen LogP contribution in [-0.2, 0) is 16.6 Å². The van der Waals surface area contributed by atoms with Crippen LogP contribution in [0.2, 0.25) is 10.0 Å². The standard InChI is InChI=1S/C12H11BrCl2N2O2S2/c1-17(5-7-2-11(13)20-6-7)21(18,19)12-9(15)3-8(14)4-10(12)16/h2-4,6H,5,16H2,1H3. The zero-order valence-corrected chi connectivity index (χ0v) is 15.5. The fraction of sp³-hybridized carbons (Fsp3) is 0.167. The second kappa shape index (κ2) is 6.44. The van der Waals surface area contributed by atoms with E-state index in [4.69, 9.17) is 28.9 Å². The highest BCUT2D eigenvalue weighted by Crippen LogP contribution is 2.33. The van der Waals surface area contributed by atoms with E-state index >= 15 is 0 Å². The maximum atomic E-state index is 12.6. The Bertz CT molecular complexity index is 754. The fourth-order valence-corrected chi connectivity index (χ4v) is 5.07. The molecule has 1 aromatic carbocycles. The van der Waals surface area contributed by atoms with Crippen LogP contribution in [0.5, 0.6) is 0 Å². The summed E-state index contributed by atoms with van der Waals surface area (Å²) in [6.07, 6.45) is 0. The van der Waals surface area contributed by atoms with Crippen LogP contribution >= 0.6 is 50.5 Å². The molecule has 0 fully saturated rings. The van der Waals surface area contributed by atoms with E-state index in [0.717, 1.165) is 9.35 Å². The maximum absolute atomic E-state index is 12.6. The summed E-state index contributed by atoms with van der Waals surface area (Å²) in [7, 11) is -2.32. The first-order valence-corrected chi connectivity index (χ1v) is 9.52. The molecule has 9 heteroatoms. The Morgan fingerprint density at radius 2 is 2.00 bits per heavy atom. The molecule has 0 aliphatic rings. The van der Waals surface area contributed by atoms with Crippen LogP contribution in [-0.4, -0.2) is 19.8 Å². The number of benzene rings is 1. The third-order valence-electron chi connectivity index (χ3n) is 2.73. The van der Waals surface area contributed by atoms with Gasteiger partial charge in [0.05, 0.1) is 14.5 Å². The predicted octanol–water partition coefficient (Wildman–Crippen LogP) is 4.22. The van der Waals surface area contributed by atoms with Gasteiger partial charge in [0.2, 0.25) is 10.0 Å². The number of thiophene rings is 1. The summed E-state index contributed by atoms with van der Waals surface area (Å²) in [6.45, 7) is 0.225. The van der Waals surface area contributed by atoms with Gasteiger partial charge in [-0.25, -0.2) is 8.42 Å². The molecule has 2 N–H and O–H groups in total. The summed E-state index contributed by atoms with van der Waals surface area (Å²) >= 11 is 16.6. The molecule has 21 heavy (non-hydrogen) atoms. The molecule has 0 amide bonds. The van der Waals surface area contributed by atoms with Crippen molar-refractivity contribution in [2.75, 3.05) is 12.8 Å². The molecule has 2 aromatic rings. The van der Waals surface area contributed by atoms with Gasteiger partial charge in [-0.3, -0.25) is 0 Å². The second-order valence-corrected chi connectivity index (χ2v) is 9.44. The summed E-state index contributed by atoms with van der Waals surface area (Å²) in [5.74, 6) is 0. The Balaban J connectivity index is 2.38. The van der Waals surface area contributed by atoms with Gasteiger partial charge >= 0.3 is 0 Å². The van der Waals surface area contributed by atoms with Crippen LogP contribution in [0.3, 0.4) is 0 Å². The van der Waals surface area contributed by atoms with Crippen molar-refractivity contribution in [2.24, 2.45) is 0 Å². The number of anilines is 1. The Morgan fingerprint density at radius 1 is 1.33 bits per heavy atom. The van der Waals surface area contributed by atoms with Gasteiger partial charge in [0, 0.05) is 18.6 Å². The lowest BCUT2D eigenvalue weighted by molar-refractivity contribution is 0.467. The van der Waals surface area contributed by atoms with E-state index in [1.54, 1.807) is 0 Å². The first-order chi connectivity index (χ1) is 9.71. The van der Waals surface area contributed by atoms with Crippen LogP contribution in [0.4, 0.5) is 5.69 Å². The number of hydrogen-bond acceptors (Lipinski definition) is 4. The zero-order valence-electron chi connectivity index (χ0n) is 10.8. The van der Waals surface area contributed by atoms with E-state index in [9.17, 15) is 8.42 Å². The van der Waals surface area contributed by atoms with E-state index in [1.807, 2.05) is 11.4 Å². The summed E-state index contributed by atoms with van der Waals surface area (Å²) in [5, 5.41) is 2.18. The molecule has 0 saturated carbocycles. The summed E-state index contributed by atoms with van der Waals surface area (Å²) in [4.78, 5) is -0.120. The molecular weight excluding hydrogens is 419 g/mol. The molecule has 0 radical (unpaired) electrons. The molecule has 0 aliphatic heterocycles. The average molecular weight is 430 g/mol. The van der Waals surface area contributed by atoms with Crippen molar-refractivity contribution in [1.29, 1.82) is 0 Å². The van der Waals surface area contributed by atoms with Gasteiger partial charge in [-0.15, -0.1) is 11.3 Å². The number of rotatable bonds is 4. The maximum Gasteiger partial charge on any atom is 0.246 e. The van der Waals surface area contributed by atoms with Crippen molar-refractivity contribution in [2.45, 2.75) is 11.4 Å². The molecule has 114 valence electrons. The Labute approximate surface area is 145 Å². The third kappa shape index (κ3) is 3.72. The number of nitrogens with zero attached hydrogens (tertiary/aromatic N) is 1. The summed E-state index contributed by atoms with van der Waals surface area (Å²) in [6, 6.07) is 4.60. The SMILES string of the molecule is CN(Cc1csc(Br)c1)S(=O)(=O)c1c(N)cc(Cl)cc1Cl. The first kappa shape index (κ1) is 17.1. The average Bonchev–Trinajstić information content (AvgIpc) is 2.72. The highest BCUT2D eigenvalue weighted by atomic mass is 79.9.